The van der Waals surface area contributed by atoms with Gasteiger partial charge in [-0.1, -0.05) is 55.9 Å². The van der Waals surface area contributed by atoms with E-state index in [4.69, 9.17) is 5.73 Å². The number of hydrogen-bond acceptors (Lipinski definition) is 6. The van der Waals surface area contributed by atoms with Crippen LogP contribution in [-0.2, 0) is 26.2 Å². The molecule has 0 aliphatic carbocycles. The molecule has 0 bridgehead atoms. The van der Waals surface area contributed by atoms with Crippen LogP contribution in [0.4, 0.5) is 0 Å². The van der Waals surface area contributed by atoms with Crippen molar-refractivity contribution in [1.29, 1.82) is 0 Å². The summed E-state index contributed by atoms with van der Waals surface area (Å²) >= 11 is 1.21. The second-order valence-electron chi connectivity index (χ2n) is 6.73. The van der Waals surface area contributed by atoms with E-state index < -0.39 is 15.9 Å². The molecule has 168 valence electrons. The Bertz CT molecular complexity index is 963. The van der Waals surface area contributed by atoms with Gasteiger partial charge in [-0.3, -0.25) is 9.59 Å². The van der Waals surface area contributed by atoms with Gasteiger partial charge in [0.1, 0.15) is 4.90 Å². The molecule has 31 heavy (non-hydrogen) atoms. The number of pyridine rings is 1. The van der Waals surface area contributed by atoms with E-state index in [-0.39, 0.29) is 29.5 Å². The Balaban J connectivity index is 2.03. The van der Waals surface area contributed by atoms with Crippen LogP contribution in [0.25, 0.3) is 0 Å². The van der Waals surface area contributed by atoms with Crippen LogP contribution in [0, 0.1) is 0 Å². The lowest BCUT2D eigenvalue weighted by Gasteiger charge is -2.22. The van der Waals surface area contributed by atoms with Gasteiger partial charge in [-0.05, 0) is 17.7 Å². The zero-order valence-corrected chi connectivity index (χ0v) is 19.4. The van der Waals surface area contributed by atoms with E-state index in [0.29, 0.717) is 24.7 Å². The highest BCUT2D eigenvalue weighted by atomic mass is 32.2. The maximum absolute atomic E-state index is 12.7. The number of primary amides is 1. The third kappa shape index (κ3) is 7.34. The van der Waals surface area contributed by atoms with Gasteiger partial charge in [0.05, 0.1) is 10.8 Å². The van der Waals surface area contributed by atoms with Gasteiger partial charge < -0.3 is 10.6 Å². The Morgan fingerprint density at radius 2 is 1.74 bits per heavy atom. The minimum absolute atomic E-state index is 0.0827. The number of amides is 2. The standard InChI is InChI=1S/C21H28N4O4S2/c1-3-25(4-2)31(28,29)18-10-11-20(23-14-18)30-16-21(27)24(13-12-19(22)26)15-17-8-6-5-7-9-17/h5-11,14H,3-4,12-13,15-16H2,1-2H3,(H2,22,26). The van der Waals surface area contributed by atoms with Crippen LogP contribution in [0.1, 0.15) is 25.8 Å². The molecule has 2 N–H and O–H groups in total. The first kappa shape index (κ1) is 24.8. The number of nitrogens with zero attached hydrogens (tertiary/aromatic N) is 3. The van der Waals surface area contributed by atoms with Crippen molar-refractivity contribution in [2.75, 3.05) is 25.4 Å². The second-order valence-corrected chi connectivity index (χ2v) is 9.66. The molecule has 10 heteroatoms. The van der Waals surface area contributed by atoms with Crippen molar-refractivity contribution in [3.05, 3.63) is 54.2 Å². The molecule has 2 aromatic rings. The van der Waals surface area contributed by atoms with E-state index in [0.717, 1.165) is 5.56 Å². The van der Waals surface area contributed by atoms with E-state index in [1.54, 1.807) is 24.8 Å². The Labute approximate surface area is 187 Å². The average Bonchev–Trinajstić information content (AvgIpc) is 2.76. The molecule has 0 aliphatic rings. The predicted molar refractivity (Wildman–Crippen MR) is 121 cm³/mol. The summed E-state index contributed by atoms with van der Waals surface area (Å²) in [5.74, 6) is -0.511. The summed E-state index contributed by atoms with van der Waals surface area (Å²) < 4.78 is 26.4. The second kappa shape index (κ2) is 11.8. The van der Waals surface area contributed by atoms with Crippen molar-refractivity contribution in [1.82, 2.24) is 14.2 Å². The molecule has 0 spiro atoms. The first-order valence-corrected chi connectivity index (χ1v) is 12.4. The average molecular weight is 465 g/mol. The van der Waals surface area contributed by atoms with Crippen molar-refractivity contribution < 1.29 is 18.0 Å². The first-order chi connectivity index (χ1) is 14.8. The highest BCUT2D eigenvalue weighted by Crippen LogP contribution is 2.20. The highest BCUT2D eigenvalue weighted by molar-refractivity contribution is 7.99. The summed E-state index contributed by atoms with van der Waals surface area (Å²) in [7, 11) is -3.57. The topological polar surface area (TPSA) is 114 Å². The monoisotopic (exact) mass is 464 g/mol. The lowest BCUT2D eigenvalue weighted by molar-refractivity contribution is -0.129. The molecule has 0 unspecified atom stereocenters. The van der Waals surface area contributed by atoms with E-state index in [9.17, 15) is 18.0 Å². The number of sulfonamides is 1. The largest absolute Gasteiger partial charge is 0.370 e. The molecule has 0 atom stereocenters. The summed E-state index contributed by atoms with van der Waals surface area (Å²) in [6.45, 7) is 4.94. The molecule has 8 nitrogen and oxygen atoms in total. The fraction of sp³-hybridized carbons (Fsp3) is 0.381. The zero-order valence-electron chi connectivity index (χ0n) is 17.7. The number of rotatable bonds is 12. The Kier molecular flexibility index (Phi) is 9.47. The van der Waals surface area contributed by atoms with Gasteiger partial charge in [0, 0.05) is 38.8 Å². The first-order valence-electron chi connectivity index (χ1n) is 9.96. The van der Waals surface area contributed by atoms with Gasteiger partial charge in [-0.15, -0.1) is 0 Å². The zero-order chi connectivity index (χ0) is 22.9. The Morgan fingerprint density at radius 3 is 2.29 bits per heavy atom. The van der Waals surface area contributed by atoms with E-state index in [2.05, 4.69) is 4.98 Å². The molecule has 0 aliphatic heterocycles. The summed E-state index contributed by atoms with van der Waals surface area (Å²) in [5, 5.41) is 0.543. The SMILES string of the molecule is CCN(CC)S(=O)(=O)c1ccc(SCC(=O)N(CCC(N)=O)Cc2ccccc2)nc1. The van der Waals surface area contributed by atoms with Crippen molar-refractivity contribution in [2.24, 2.45) is 5.73 Å². The molecule has 0 fully saturated rings. The number of hydrogen-bond donors (Lipinski definition) is 1. The molecular weight excluding hydrogens is 436 g/mol. The Hall–Kier alpha value is -2.43. The van der Waals surface area contributed by atoms with Crippen LogP contribution >= 0.6 is 11.8 Å². The predicted octanol–water partition coefficient (Wildman–Crippen LogP) is 2.11. The number of carbonyl (C=O) groups excluding carboxylic acids is 2. The molecule has 1 aromatic heterocycles. The molecule has 1 heterocycles. The van der Waals surface area contributed by atoms with Crippen LogP contribution < -0.4 is 5.73 Å². The van der Waals surface area contributed by atoms with Crippen LogP contribution in [0.2, 0.25) is 0 Å². The number of aromatic nitrogens is 1. The Morgan fingerprint density at radius 1 is 1.06 bits per heavy atom. The van der Waals surface area contributed by atoms with Gasteiger partial charge in [-0.25, -0.2) is 13.4 Å². The van der Waals surface area contributed by atoms with E-state index in [1.807, 2.05) is 30.3 Å². The van der Waals surface area contributed by atoms with Crippen molar-refractivity contribution in [2.45, 2.75) is 36.7 Å². The lowest BCUT2D eigenvalue weighted by atomic mass is 10.2. The molecule has 0 saturated heterocycles. The molecule has 1 aromatic carbocycles. The van der Waals surface area contributed by atoms with Crippen LogP contribution in [0.5, 0.6) is 0 Å². The molecule has 2 rings (SSSR count). The van der Waals surface area contributed by atoms with Crippen molar-refractivity contribution >= 4 is 33.6 Å². The van der Waals surface area contributed by atoms with Crippen LogP contribution in [-0.4, -0.2) is 59.8 Å². The minimum atomic E-state index is -3.57. The van der Waals surface area contributed by atoms with E-state index >= 15 is 0 Å². The van der Waals surface area contributed by atoms with Gasteiger partial charge >= 0.3 is 0 Å². The number of thioether (sulfide) groups is 1. The lowest BCUT2D eigenvalue weighted by Crippen LogP contribution is -2.34. The third-order valence-electron chi connectivity index (χ3n) is 4.59. The van der Waals surface area contributed by atoms with Gasteiger partial charge in [-0.2, -0.15) is 4.31 Å². The van der Waals surface area contributed by atoms with Gasteiger partial charge in [0.15, 0.2) is 0 Å². The summed E-state index contributed by atoms with van der Waals surface area (Å²) in [4.78, 5) is 29.8. The number of benzene rings is 1. The van der Waals surface area contributed by atoms with E-state index in [1.165, 1.54) is 28.3 Å². The highest BCUT2D eigenvalue weighted by Gasteiger charge is 2.22. The molecule has 2 amide bonds. The number of carbonyl (C=O) groups is 2. The summed E-state index contributed by atoms with van der Waals surface area (Å²) in [6, 6.07) is 12.6. The molecule has 0 saturated carbocycles. The normalized spacial score (nSPS) is 11.5. The maximum Gasteiger partial charge on any atom is 0.244 e. The summed E-state index contributed by atoms with van der Waals surface area (Å²) in [6.07, 6.45) is 1.40. The van der Waals surface area contributed by atoms with Gasteiger partial charge in [0.25, 0.3) is 0 Å². The van der Waals surface area contributed by atoms with Crippen molar-refractivity contribution in [3.63, 3.8) is 0 Å². The minimum Gasteiger partial charge on any atom is -0.370 e. The smallest absolute Gasteiger partial charge is 0.244 e. The fourth-order valence-corrected chi connectivity index (χ4v) is 5.03. The quantitative estimate of drug-likeness (QED) is 0.481. The van der Waals surface area contributed by atoms with Crippen LogP contribution in [0.3, 0.4) is 0 Å². The molecular formula is C21H28N4O4S2. The molecule has 0 radical (unpaired) electrons. The van der Waals surface area contributed by atoms with Gasteiger partial charge in [0.2, 0.25) is 21.8 Å². The summed E-state index contributed by atoms with van der Waals surface area (Å²) in [5.41, 5.74) is 6.20. The number of nitrogens with two attached hydrogens (primary N) is 1. The maximum atomic E-state index is 12.7. The van der Waals surface area contributed by atoms with Crippen molar-refractivity contribution in [3.8, 4) is 0 Å². The fourth-order valence-electron chi connectivity index (χ4n) is 2.89. The van der Waals surface area contributed by atoms with Crippen LogP contribution in [0.15, 0.2) is 58.6 Å². The third-order valence-corrected chi connectivity index (χ3v) is 7.56.